The van der Waals surface area contributed by atoms with E-state index in [1.807, 2.05) is 31.2 Å². The van der Waals surface area contributed by atoms with E-state index in [1.54, 1.807) is 0 Å². The van der Waals surface area contributed by atoms with Crippen molar-refractivity contribution < 1.29 is 9.21 Å². The Hall–Kier alpha value is -1.52. The topological polar surface area (TPSA) is 68.3 Å². The number of aryl methyl sites for hydroxylation is 1. The molecule has 22 heavy (non-hydrogen) atoms. The summed E-state index contributed by atoms with van der Waals surface area (Å²) in [6.45, 7) is 6.74. The average Bonchev–Trinajstić information content (AvgIpc) is 2.80. The van der Waals surface area contributed by atoms with Gasteiger partial charge in [-0.3, -0.25) is 4.79 Å². The first kappa shape index (κ1) is 18.5. The number of furan rings is 1. The minimum absolute atomic E-state index is 0. The number of carbonyl (C=O) groups excluding carboxylic acids is 1. The van der Waals surface area contributed by atoms with Gasteiger partial charge in [0.15, 0.2) is 0 Å². The Bertz CT molecular complexity index is 622. The number of rotatable bonds is 6. The number of nitrogens with one attached hydrogen (secondary N) is 1. The molecule has 122 valence electrons. The normalized spacial score (nSPS) is 12.2. The maximum atomic E-state index is 12.0. The van der Waals surface area contributed by atoms with E-state index >= 15 is 0 Å². The van der Waals surface area contributed by atoms with Crippen LogP contribution in [0.1, 0.15) is 44.1 Å². The second-order valence-corrected chi connectivity index (χ2v) is 5.77. The molecule has 1 aromatic heterocycles. The molecular formula is C17H25ClN2O2. The van der Waals surface area contributed by atoms with Gasteiger partial charge < -0.3 is 15.5 Å². The molecule has 1 unspecified atom stereocenters. The number of hydrogen-bond donors (Lipinski definition) is 2. The van der Waals surface area contributed by atoms with Crippen LogP contribution in [0.2, 0.25) is 0 Å². The summed E-state index contributed by atoms with van der Waals surface area (Å²) in [5.41, 5.74) is 7.42. The van der Waals surface area contributed by atoms with Crippen LogP contribution in [-0.2, 0) is 4.79 Å². The summed E-state index contributed by atoms with van der Waals surface area (Å²) < 4.78 is 5.99. The molecule has 0 aliphatic carbocycles. The van der Waals surface area contributed by atoms with Crippen LogP contribution in [-0.4, -0.2) is 12.5 Å². The molecule has 0 aliphatic rings. The molecule has 1 heterocycles. The maximum absolute atomic E-state index is 12.0. The standard InChI is InChI=1S/C17H24N2O2.ClH/c1-11(2)16(19-15(20)9-6-10-18)17-12(3)13-7-4-5-8-14(13)21-17;/h4-5,7-8,11,16H,6,9-10,18H2,1-3H3,(H,19,20);1H. The van der Waals surface area contributed by atoms with E-state index in [0.717, 1.165) is 22.3 Å². The Morgan fingerprint density at radius 1 is 1.32 bits per heavy atom. The molecule has 5 heteroatoms. The van der Waals surface area contributed by atoms with E-state index in [2.05, 4.69) is 19.2 Å². The highest BCUT2D eigenvalue weighted by Crippen LogP contribution is 2.32. The van der Waals surface area contributed by atoms with Crippen molar-refractivity contribution in [2.24, 2.45) is 11.7 Å². The predicted octanol–water partition coefficient (Wildman–Crippen LogP) is 3.72. The highest BCUT2D eigenvalue weighted by atomic mass is 35.5. The van der Waals surface area contributed by atoms with E-state index < -0.39 is 0 Å². The maximum Gasteiger partial charge on any atom is 0.220 e. The van der Waals surface area contributed by atoms with Gasteiger partial charge in [0.25, 0.3) is 0 Å². The fourth-order valence-electron chi connectivity index (χ4n) is 2.53. The lowest BCUT2D eigenvalue weighted by Gasteiger charge is -2.21. The monoisotopic (exact) mass is 324 g/mol. The zero-order valence-electron chi connectivity index (χ0n) is 13.4. The smallest absolute Gasteiger partial charge is 0.220 e. The third-order valence-electron chi connectivity index (χ3n) is 3.75. The first-order valence-corrected chi connectivity index (χ1v) is 7.52. The summed E-state index contributed by atoms with van der Waals surface area (Å²) in [6, 6.07) is 7.85. The molecular weight excluding hydrogens is 300 g/mol. The lowest BCUT2D eigenvalue weighted by atomic mass is 9.98. The van der Waals surface area contributed by atoms with Crippen LogP contribution >= 0.6 is 12.4 Å². The molecule has 0 aliphatic heterocycles. The Morgan fingerprint density at radius 3 is 2.59 bits per heavy atom. The van der Waals surface area contributed by atoms with Gasteiger partial charge in [0, 0.05) is 17.4 Å². The summed E-state index contributed by atoms with van der Waals surface area (Å²) in [4.78, 5) is 12.0. The van der Waals surface area contributed by atoms with Gasteiger partial charge in [-0.25, -0.2) is 0 Å². The molecule has 0 spiro atoms. The Morgan fingerprint density at radius 2 is 2.00 bits per heavy atom. The van der Waals surface area contributed by atoms with E-state index in [1.165, 1.54) is 0 Å². The van der Waals surface area contributed by atoms with Gasteiger partial charge >= 0.3 is 0 Å². The molecule has 1 aromatic carbocycles. The molecule has 0 saturated carbocycles. The van der Waals surface area contributed by atoms with Gasteiger partial charge in [0.05, 0.1) is 6.04 Å². The zero-order valence-corrected chi connectivity index (χ0v) is 14.2. The quantitative estimate of drug-likeness (QED) is 0.851. The van der Waals surface area contributed by atoms with Gasteiger partial charge in [0.1, 0.15) is 11.3 Å². The van der Waals surface area contributed by atoms with Crippen molar-refractivity contribution in [3.05, 3.63) is 35.6 Å². The number of carbonyl (C=O) groups is 1. The third-order valence-corrected chi connectivity index (χ3v) is 3.75. The first-order valence-electron chi connectivity index (χ1n) is 7.52. The molecule has 0 saturated heterocycles. The van der Waals surface area contributed by atoms with Gasteiger partial charge in [-0.15, -0.1) is 12.4 Å². The van der Waals surface area contributed by atoms with Crippen LogP contribution in [0.4, 0.5) is 0 Å². The fraction of sp³-hybridized carbons (Fsp3) is 0.471. The molecule has 4 nitrogen and oxygen atoms in total. The van der Waals surface area contributed by atoms with Crippen molar-refractivity contribution in [3.8, 4) is 0 Å². The Kier molecular flexibility index (Phi) is 6.91. The summed E-state index contributed by atoms with van der Waals surface area (Å²) in [5.74, 6) is 1.14. The molecule has 0 bridgehead atoms. The van der Waals surface area contributed by atoms with Gasteiger partial charge in [-0.05, 0) is 31.9 Å². The molecule has 2 aromatic rings. The van der Waals surface area contributed by atoms with E-state index in [4.69, 9.17) is 10.2 Å². The number of benzene rings is 1. The van der Waals surface area contributed by atoms with E-state index in [-0.39, 0.29) is 30.3 Å². The van der Waals surface area contributed by atoms with Crippen molar-refractivity contribution in [2.75, 3.05) is 6.54 Å². The summed E-state index contributed by atoms with van der Waals surface area (Å²) in [6.07, 6.45) is 1.16. The molecule has 1 atom stereocenters. The molecule has 0 fully saturated rings. The van der Waals surface area contributed by atoms with Crippen molar-refractivity contribution in [3.63, 3.8) is 0 Å². The number of para-hydroxylation sites is 1. The van der Waals surface area contributed by atoms with E-state index in [0.29, 0.717) is 19.4 Å². The highest BCUT2D eigenvalue weighted by Gasteiger charge is 2.24. The Balaban J connectivity index is 0.00000242. The molecule has 0 radical (unpaired) electrons. The molecule has 3 N–H and O–H groups in total. The number of amides is 1. The van der Waals surface area contributed by atoms with E-state index in [9.17, 15) is 4.79 Å². The summed E-state index contributed by atoms with van der Waals surface area (Å²) >= 11 is 0. The lowest BCUT2D eigenvalue weighted by molar-refractivity contribution is -0.122. The van der Waals surface area contributed by atoms with Gasteiger partial charge in [0.2, 0.25) is 5.91 Å². The van der Waals surface area contributed by atoms with Crippen LogP contribution in [0.3, 0.4) is 0 Å². The minimum atomic E-state index is -0.109. The molecule has 1 amide bonds. The fourth-order valence-corrected chi connectivity index (χ4v) is 2.53. The van der Waals surface area contributed by atoms with Crippen LogP contribution in [0, 0.1) is 12.8 Å². The molecule has 2 rings (SSSR count). The average molecular weight is 325 g/mol. The van der Waals surface area contributed by atoms with Crippen LogP contribution in [0.5, 0.6) is 0 Å². The van der Waals surface area contributed by atoms with Crippen LogP contribution in [0.25, 0.3) is 11.0 Å². The minimum Gasteiger partial charge on any atom is -0.459 e. The number of halogens is 1. The second kappa shape index (κ2) is 8.20. The summed E-state index contributed by atoms with van der Waals surface area (Å²) in [7, 11) is 0. The number of fused-ring (bicyclic) bond motifs is 1. The first-order chi connectivity index (χ1) is 10.0. The third kappa shape index (κ3) is 4.02. The van der Waals surface area contributed by atoms with Gasteiger partial charge in [-0.1, -0.05) is 32.0 Å². The van der Waals surface area contributed by atoms with Crippen molar-refractivity contribution in [1.82, 2.24) is 5.32 Å². The zero-order chi connectivity index (χ0) is 15.4. The SMILES string of the molecule is Cc1c(C(NC(=O)CCCN)C(C)C)oc2ccccc12.Cl. The highest BCUT2D eigenvalue weighted by molar-refractivity contribution is 5.85. The largest absolute Gasteiger partial charge is 0.459 e. The van der Waals surface area contributed by atoms with Gasteiger partial charge in [-0.2, -0.15) is 0 Å². The number of nitrogens with two attached hydrogens (primary N) is 1. The van der Waals surface area contributed by atoms with Crippen molar-refractivity contribution in [2.45, 2.75) is 39.7 Å². The second-order valence-electron chi connectivity index (χ2n) is 5.77. The van der Waals surface area contributed by atoms with Crippen LogP contribution in [0.15, 0.2) is 28.7 Å². The van der Waals surface area contributed by atoms with Crippen molar-refractivity contribution in [1.29, 1.82) is 0 Å². The number of hydrogen-bond acceptors (Lipinski definition) is 3. The van der Waals surface area contributed by atoms with Crippen molar-refractivity contribution >= 4 is 29.3 Å². The Labute approximate surface area is 137 Å². The van der Waals surface area contributed by atoms with Crippen LogP contribution < -0.4 is 11.1 Å². The lowest BCUT2D eigenvalue weighted by Crippen LogP contribution is -2.32. The predicted molar refractivity (Wildman–Crippen MR) is 92.2 cm³/mol. The summed E-state index contributed by atoms with van der Waals surface area (Å²) in [5, 5.41) is 4.19.